The van der Waals surface area contributed by atoms with E-state index in [1.165, 1.54) is 33.6 Å². The van der Waals surface area contributed by atoms with Gasteiger partial charge in [-0.2, -0.15) is 0 Å². The number of nitrogens with zero attached hydrogens (tertiary/aromatic N) is 3. The van der Waals surface area contributed by atoms with Crippen LogP contribution in [0.15, 0.2) is 76.6 Å². The third-order valence-electron chi connectivity index (χ3n) is 6.88. The molecule has 1 aliphatic rings. The van der Waals surface area contributed by atoms with E-state index in [4.69, 9.17) is 0 Å². The fourth-order valence-electron chi connectivity index (χ4n) is 4.60. The van der Waals surface area contributed by atoms with Gasteiger partial charge in [-0.3, -0.25) is 14.5 Å². The van der Waals surface area contributed by atoms with Gasteiger partial charge in [0.05, 0.1) is 11.6 Å². The quantitative estimate of drug-likeness (QED) is 0.0874. The summed E-state index contributed by atoms with van der Waals surface area (Å²) in [4.78, 5) is 28.4. The van der Waals surface area contributed by atoms with Crippen LogP contribution in [0.1, 0.15) is 51.9 Å². The highest BCUT2D eigenvalue weighted by Crippen LogP contribution is 2.44. The molecule has 1 amide bonds. The maximum absolute atomic E-state index is 13.5. The number of hydrogen-bond donors (Lipinski definition) is 1. The lowest BCUT2D eigenvalue weighted by molar-refractivity contribution is -0.132. The van der Waals surface area contributed by atoms with Gasteiger partial charge >= 0.3 is 5.91 Å². The van der Waals surface area contributed by atoms with Crippen molar-refractivity contribution in [3.8, 4) is 0 Å². The average Bonchev–Trinajstić information content (AvgIpc) is 3.51. The molecule has 39 heavy (non-hydrogen) atoms. The molecule has 0 bridgehead atoms. The molecule has 1 aliphatic heterocycles. The average molecular weight is 556 g/mol. The van der Waals surface area contributed by atoms with Crippen LogP contribution in [-0.4, -0.2) is 27.0 Å². The van der Waals surface area contributed by atoms with E-state index in [1.807, 2.05) is 56.3 Å². The molecule has 198 valence electrons. The van der Waals surface area contributed by atoms with Gasteiger partial charge in [0.15, 0.2) is 4.34 Å². The van der Waals surface area contributed by atoms with Crippen molar-refractivity contribution in [1.29, 1.82) is 0 Å². The van der Waals surface area contributed by atoms with E-state index in [0.717, 1.165) is 34.2 Å². The van der Waals surface area contributed by atoms with Gasteiger partial charge in [-0.15, -0.1) is 10.2 Å². The van der Waals surface area contributed by atoms with E-state index in [2.05, 4.69) is 48.3 Å². The number of anilines is 1. The summed E-state index contributed by atoms with van der Waals surface area (Å²) < 4.78 is 0.696. The van der Waals surface area contributed by atoms with E-state index in [0.29, 0.717) is 20.8 Å². The SMILES string of the molecule is CCc1ccc(C2C(=C(O)c3cc(C)ccc3C)C(=O)C(=O)N2c2nnc(SCc3ccc(C)cc3)s2)cc1. The van der Waals surface area contributed by atoms with Crippen molar-refractivity contribution in [3.05, 3.63) is 111 Å². The number of carbonyl (C=O) groups is 2. The summed E-state index contributed by atoms with van der Waals surface area (Å²) in [7, 11) is 0. The van der Waals surface area contributed by atoms with E-state index in [9.17, 15) is 14.7 Å². The molecule has 0 radical (unpaired) electrons. The standard InChI is InChI=1S/C31H29N3O3S2/c1-5-21-12-14-23(15-13-21)26-25(27(35)24-16-19(3)6-9-20(24)4)28(36)29(37)34(26)30-32-33-31(39-30)38-17-22-10-7-18(2)8-11-22/h6-16,26,35H,5,17H2,1-4H3. The summed E-state index contributed by atoms with van der Waals surface area (Å²) >= 11 is 2.80. The van der Waals surface area contributed by atoms with Crippen LogP contribution in [0.25, 0.3) is 5.76 Å². The Bertz CT molecular complexity index is 1570. The molecule has 1 saturated heterocycles. The first-order valence-corrected chi connectivity index (χ1v) is 14.6. The second kappa shape index (κ2) is 11.2. The molecule has 4 aromatic rings. The summed E-state index contributed by atoms with van der Waals surface area (Å²) in [5.74, 6) is -0.928. The van der Waals surface area contributed by atoms with Gasteiger partial charge in [0.25, 0.3) is 5.78 Å². The van der Waals surface area contributed by atoms with Crippen molar-refractivity contribution < 1.29 is 14.7 Å². The van der Waals surface area contributed by atoms with E-state index in [-0.39, 0.29) is 11.3 Å². The Balaban J connectivity index is 1.56. The number of carbonyl (C=O) groups excluding carboxylic acids is 2. The number of aryl methyl sites for hydroxylation is 4. The minimum Gasteiger partial charge on any atom is -0.507 e. The van der Waals surface area contributed by atoms with E-state index in [1.54, 1.807) is 0 Å². The van der Waals surface area contributed by atoms with Crippen LogP contribution in [0.3, 0.4) is 0 Å². The largest absolute Gasteiger partial charge is 0.507 e. The first-order chi connectivity index (χ1) is 18.8. The molecule has 0 spiro atoms. The number of aliphatic hydroxyl groups excluding tert-OH is 1. The minimum absolute atomic E-state index is 0.0574. The number of hydrogen-bond acceptors (Lipinski definition) is 7. The number of aliphatic hydroxyl groups is 1. The van der Waals surface area contributed by atoms with Gasteiger partial charge in [0.1, 0.15) is 5.76 Å². The summed E-state index contributed by atoms with van der Waals surface area (Å²) in [5.41, 5.74) is 6.57. The zero-order valence-electron chi connectivity index (χ0n) is 22.3. The van der Waals surface area contributed by atoms with Crippen molar-refractivity contribution in [2.45, 2.75) is 50.3 Å². The zero-order valence-corrected chi connectivity index (χ0v) is 23.9. The van der Waals surface area contributed by atoms with E-state index >= 15 is 0 Å². The second-order valence-corrected chi connectivity index (χ2v) is 11.9. The Labute approximate surface area is 236 Å². The van der Waals surface area contributed by atoms with Gasteiger partial charge < -0.3 is 5.11 Å². The Morgan fingerprint density at radius 1 is 0.923 bits per heavy atom. The number of Topliss-reactive ketones (excluding diaryl/α,β-unsaturated/α-hetero) is 1. The zero-order chi connectivity index (χ0) is 27.7. The summed E-state index contributed by atoms with van der Waals surface area (Å²) in [6, 6.07) is 20.9. The van der Waals surface area contributed by atoms with Gasteiger partial charge in [-0.1, -0.05) is 102 Å². The van der Waals surface area contributed by atoms with Crippen LogP contribution in [0, 0.1) is 20.8 Å². The molecule has 1 unspecified atom stereocenters. The van der Waals surface area contributed by atoms with Crippen molar-refractivity contribution in [2.75, 3.05) is 4.90 Å². The van der Waals surface area contributed by atoms with Crippen LogP contribution >= 0.6 is 23.1 Å². The van der Waals surface area contributed by atoms with Crippen molar-refractivity contribution in [1.82, 2.24) is 10.2 Å². The number of amides is 1. The summed E-state index contributed by atoms with van der Waals surface area (Å²) in [6.07, 6.45) is 0.862. The first-order valence-electron chi connectivity index (χ1n) is 12.8. The van der Waals surface area contributed by atoms with Crippen molar-refractivity contribution in [2.24, 2.45) is 0 Å². The lowest BCUT2D eigenvalue weighted by atomic mass is 9.93. The molecular formula is C31H29N3O3S2. The third-order valence-corrected chi connectivity index (χ3v) is 9.01. The first kappa shape index (κ1) is 26.8. The van der Waals surface area contributed by atoms with Gasteiger partial charge in [0, 0.05) is 11.3 Å². The molecule has 0 saturated carbocycles. The Morgan fingerprint density at radius 2 is 1.59 bits per heavy atom. The van der Waals surface area contributed by atoms with Crippen LogP contribution in [0.4, 0.5) is 5.13 Å². The fraction of sp³-hybridized carbons (Fsp3) is 0.226. The smallest absolute Gasteiger partial charge is 0.301 e. The number of aromatic nitrogens is 2. The highest BCUT2D eigenvalue weighted by atomic mass is 32.2. The van der Waals surface area contributed by atoms with Crippen molar-refractivity contribution in [3.63, 3.8) is 0 Å². The highest BCUT2D eigenvalue weighted by Gasteiger charge is 2.48. The van der Waals surface area contributed by atoms with Crippen LogP contribution in [-0.2, 0) is 21.8 Å². The van der Waals surface area contributed by atoms with Crippen LogP contribution in [0.2, 0.25) is 0 Å². The molecule has 6 nitrogen and oxygen atoms in total. The number of ketones is 1. The molecular weight excluding hydrogens is 526 g/mol. The minimum atomic E-state index is -0.821. The molecule has 2 heterocycles. The Hall–Kier alpha value is -3.75. The highest BCUT2D eigenvalue weighted by molar-refractivity contribution is 8.00. The number of rotatable bonds is 7. The monoisotopic (exact) mass is 555 g/mol. The van der Waals surface area contributed by atoms with Gasteiger partial charge in [0.2, 0.25) is 5.13 Å². The number of benzene rings is 3. The Kier molecular flexibility index (Phi) is 7.68. The lowest BCUT2D eigenvalue weighted by Gasteiger charge is -2.23. The topological polar surface area (TPSA) is 83.4 Å². The molecule has 1 fully saturated rings. The molecule has 0 aliphatic carbocycles. The van der Waals surface area contributed by atoms with Gasteiger partial charge in [-0.05, 0) is 55.5 Å². The molecule has 3 aromatic carbocycles. The van der Waals surface area contributed by atoms with E-state index < -0.39 is 17.7 Å². The van der Waals surface area contributed by atoms with Crippen LogP contribution < -0.4 is 4.90 Å². The Morgan fingerprint density at radius 3 is 2.28 bits per heavy atom. The third kappa shape index (κ3) is 5.40. The summed E-state index contributed by atoms with van der Waals surface area (Å²) in [6.45, 7) is 7.92. The summed E-state index contributed by atoms with van der Waals surface area (Å²) in [5, 5.41) is 20.4. The molecule has 1 N–H and O–H groups in total. The molecule has 1 aromatic heterocycles. The predicted molar refractivity (Wildman–Crippen MR) is 157 cm³/mol. The van der Waals surface area contributed by atoms with Crippen molar-refractivity contribution >= 4 is 45.7 Å². The van der Waals surface area contributed by atoms with Gasteiger partial charge in [-0.25, -0.2) is 0 Å². The lowest BCUT2D eigenvalue weighted by Crippen LogP contribution is -2.29. The second-order valence-electron chi connectivity index (χ2n) is 9.71. The molecule has 1 atom stereocenters. The van der Waals surface area contributed by atoms with Crippen LogP contribution in [0.5, 0.6) is 0 Å². The number of thioether (sulfide) groups is 1. The predicted octanol–water partition coefficient (Wildman–Crippen LogP) is 6.94. The maximum atomic E-state index is 13.5. The fourth-order valence-corrected chi connectivity index (χ4v) is 6.43. The maximum Gasteiger partial charge on any atom is 0.301 e. The molecule has 5 rings (SSSR count). The normalized spacial score (nSPS) is 16.7. The molecule has 8 heteroatoms.